The normalized spacial score (nSPS) is 28.6. The van der Waals surface area contributed by atoms with Crippen molar-refractivity contribution < 1.29 is 9.18 Å². The molecule has 0 aromatic heterocycles. The molecule has 0 bridgehead atoms. The molecule has 1 aromatic rings. The Morgan fingerprint density at radius 2 is 2.21 bits per heavy atom. The van der Waals surface area contributed by atoms with Crippen LogP contribution in [0.2, 0.25) is 0 Å². The highest BCUT2D eigenvalue weighted by atomic mass is 19.1. The molecule has 1 aromatic carbocycles. The van der Waals surface area contributed by atoms with E-state index in [0.29, 0.717) is 11.8 Å². The molecule has 2 amide bonds. The standard InChI is InChI=1S/C19H28FN3O/c1-13(21)16-5-3-9-23(12-16)19(24)22-18-8-7-15(11-18)14-4-2-6-17(20)10-14/h2,4,6,10,13,15-16,18H,3,5,7-9,11-12,21H2,1H3,(H,22,24). The third kappa shape index (κ3) is 4.07. The molecular weight excluding hydrogens is 305 g/mol. The van der Waals surface area contributed by atoms with Crippen molar-refractivity contribution in [2.24, 2.45) is 11.7 Å². The molecule has 1 aliphatic carbocycles. The van der Waals surface area contributed by atoms with Crippen LogP contribution >= 0.6 is 0 Å². The number of carbonyl (C=O) groups is 1. The van der Waals surface area contributed by atoms with E-state index in [1.807, 2.05) is 17.9 Å². The Morgan fingerprint density at radius 3 is 2.96 bits per heavy atom. The number of nitrogens with one attached hydrogen (secondary N) is 1. The lowest BCUT2D eigenvalue weighted by molar-refractivity contribution is 0.155. The summed E-state index contributed by atoms with van der Waals surface area (Å²) in [6.07, 6.45) is 4.97. The third-order valence-corrected chi connectivity index (χ3v) is 5.57. The average molecular weight is 333 g/mol. The lowest BCUT2D eigenvalue weighted by Gasteiger charge is -2.35. The number of urea groups is 1. The first-order valence-corrected chi connectivity index (χ1v) is 9.09. The predicted octanol–water partition coefficient (Wildman–Crippen LogP) is 3.23. The summed E-state index contributed by atoms with van der Waals surface area (Å²) in [5.41, 5.74) is 7.04. The molecule has 2 fully saturated rings. The Balaban J connectivity index is 1.52. The van der Waals surface area contributed by atoms with Crippen LogP contribution < -0.4 is 11.1 Å². The quantitative estimate of drug-likeness (QED) is 0.892. The number of carbonyl (C=O) groups excluding carboxylic acids is 1. The minimum Gasteiger partial charge on any atom is -0.335 e. The van der Waals surface area contributed by atoms with Gasteiger partial charge in [-0.1, -0.05) is 12.1 Å². The summed E-state index contributed by atoms with van der Waals surface area (Å²) in [5, 5.41) is 3.17. The van der Waals surface area contributed by atoms with E-state index < -0.39 is 0 Å². The van der Waals surface area contributed by atoms with Crippen molar-refractivity contribution >= 4 is 6.03 Å². The molecule has 132 valence electrons. The largest absolute Gasteiger partial charge is 0.335 e. The summed E-state index contributed by atoms with van der Waals surface area (Å²) in [4.78, 5) is 14.4. The number of hydrogen-bond donors (Lipinski definition) is 2. The van der Waals surface area contributed by atoms with Crippen LogP contribution in [-0.2, 0) is 0 Å². The number of nitrogens with zero attached hydrogens (tertiary/aromatic N) is 1. The molecule has 1 aliphatic heterocycles. The van der Waals surface area contributed by atoms with Gasteiger partial charge in [-0.25, -0.2) is 9.18 Å². The Morgan fingerprint density at radius 1 is 1.38 bits per heavy atom. The highest BCUT2D eigenvalue weighted by molar-refractivity contribution is 5.74. The average Bonchev–Trinajstić information content (AvgIpc) is 3.03. The van der Waals surface area contributed by atoms with Gasteiger partial charge in [0.1, 0.15) is 5.82 Å². The number of rotatable bonds is 3. The first-order valence-electron chi connectivity index (χ1n) is 9.09. The van der Waals surface area contributed by atoms with Crippen molar-refractivity contribution in [2.45, 2.75) is 57.0 Å². The van der Waals surface area contributed by atoms with Gasteiger partial charge in [-0.3, -0.25) is 0 Å². The van der Waals surface area contributed by atoms with Gasteiger partial charge in [-0.05, 0) is 68.6 Å². The highest BCUT2D eigenvalue weighted by Crippen LogP contribution is 2.34. The van der Waals surface area contributed by atoms with Crippen molar-refractivity contribution in [1.82, 2.24) is 10.2 Å². The Labute approximate surface area is 143 Å². The fraction of sp³-hybridized carbons (Fsp3) is 0.632. The number of benzene rings is 1. The van der Waals surface area contributed by atoms with Crippen molar-refractivity contribution in [3.63, 3.8) is 0 Å². The van der Waals surface area contributed by atoms with Crippen LogP contribution in [0.4, 0.5) is 9.18 Å². The van der Waals surface area contributed by atoms with E-state index in [0.717, 1.165) is 50.8 Å². The molecule has 1 heterocycles. The second kappa shape index (κ2) is 7.51. The van der Waals surface area contributed by atoms with E-state index in [1.54, 1.807) is 12.1 Å². The van der Waals surface area contributed by atoms with Gasteiger partial charge in [0.2, 0.25) is 0 Å². The molecule has 2 aliphatic rings. The number of likely N-dealkylation sites (tertiary alicyclic amines) is 1. The van der Waals surface area contributed by atoms with Gasteiger partial charge in [0.05, 0.1) is 0 Å². The highest BCUT2D eigenvalue weighted by Gasteiger charge is 2.30. The summed E-state index contributed by atoms with van der Waals surface area (Å²) in [5.74, 6) is 0.549. The molecule has 1 saturated carbocycles. The fourth-order valence-corrected chi connectivity index (χ4v) is 4.07. The van der Waals surface area contributed by atoms with E-state index in [4.69, 9.17) is 5.73 Å². The first kappa shape index (κ1) is 17.2. The summed E-state index contributed by atoms with van der Waals surface area (Å²) in [6, 6.07) is 7.18. The minimum atomic E-state index is -0.185. The number of halogens is 1. The molecule has 0 radical (unpaired) electrons. The molecule has 4 atom stereocenters. The molecule has 24 heavy (non-hydrogen) atoms. The van der Waals surface area contributed by atoms with Crippen molar-refractivity contribution in [1.29, 1.82) is 0 Å². The van der Waals surface area contributed by atoms with E-state index in [9.17, 15) is 9.18 Å². The van der Waals surface area contributed by atoms with Crippen molar-refractivity contribution in [2.75, 3.05) is 13.1 Å². The van der Waals surface area contributed by atoms with Gasteiger partial charge in [0, 0.05) is 25.2 Å². The maximum absolute atomic E-state index is 13.4. The molecule has 1 saturated heterocycles. The van der Waals surface area contributed by atoms with Gasteiger partial charge >= 0.3 is 6.03 Å². The fourth-order valence-electron chi connectivity index (χ4n) is 4.07. The predicted molar refractivity (Wildman–Crippen MR) is 93.3 cm³/mol. The Bertz CT molecular complexity index is 577. The van der Waals surface area contributed by atoms with Gasteiger partial charge in [0.25, 0.3) is 0 Å². The molecule has 4 unspecified atom stereocenters. The lowest BCUT2D eigenvalue weighted by atomic mass is 9.92. The molecule has 5 heteroatoms. The van der Waals surface area contributed by atoms with Crippen LogP contribution in [0.3, 0.4) is 0 Å². The lowest BCUT2D eigenvalue weighted by Crippen LogP contribution is -2.50. The Hall–Kier alpha value is -1.62. The smallest absolute Gasteiger partial charge is 0.317 e. The van der Waals surface area contributed by atoms with Crippen LogP contribution in [0.25, 0.3) is 0 Å². The van der Waals surface area contributed by atoms with E-state index in [1.165, 1.54) is 6.07 Å². The second-order valence-electron chi connectivity index (χ2n) is 7.42. The van der Waals surface area contributed by atoms with Crippen LogP contribution in [0.15, 0.2) is 24.3 Å². The SMILES string of the molecule is CC(N)C1CCCN(C(=O)NC2CCC(c3cccc(F)c3)C2)C1. The minimum absolute atomic E-state index is 0.0326. The summed E-state index contributed by atoms with van der Waals surface area (Å²) < 4.78 is 13.4. The number of hydrogen-bond acceptors (Lipinski definition) is 2. The summed E-state index contributed by atoms with van der Waals surface area (Å²) in [6.45, 7) is 3.59. The second-order valence-corrected chi connectivity index (χ2v) is 7.42. The van der Waals surface area contributed by atoms with Crippen LogP contribution in [0.1, 0.15) is 50.5 Å². The molecule has 3 N–H and O–H groups in total. The maximum atomic E-state index is 13.4. The van der Waals surface area contributed by atoms with Crippen LogP contribution in [0, 0.1) is 11.7 Å². The van der Waals surface area contributed by atoms with Crippen LogP contribution in [-0.4, -0.2) is 36.1 Å². The Kier molecular flexibility index (Phi) is 5.39. The van der Waals surface area contributed by atoms with Crippen molar-refractivity contribution in [3.8, 4) is 0 Å². The zero-order valence-corrected chi connectivity index (χ0v) is 14.4. The zero-order valence-electron chi connectivity index (χ0n) is 14.4. The van der Waals surface area contributed by atoms with E-state index in [-0.39, 0.29) is 23.9 Å². The topological polar surface area (TPSA) is 58.4 Å². The zero-order chi connectivity index (χ0) is 17.1. The van der Waals surface area contributed by atoms with Crippen molar-refractivity contribution in [3.05, 3.63) is 35.6 Å². The summed E-state index contributed by atoms with van der Waals surface area (Å²) >= 11 is 0. The first-order chi connectivity index (χ1) is 11.5. The van der Waals surface area contributed by atoms with E-state index in [2.05, 4.69) is 5.32 Å². The third-order valence-electron chi connectivity index (χ3n) is 5.57. The van der Waals surface area contributed by atoms with Gasteiger partial charge in [-0.15, -0.1) is 0 Å². The number of nitrogens with two attached hydrogens (primary N) is 1. The molecule has 3 rings (SSSR count). The monoisotopic (exact) mass is 333 g/mol. The maximum Gasteiger partial charge on any atom is 0.317 e. The van der Waals surface area contributed by atoms with Gasteiger partial charge in [-0.2, -0.15) is 0 Å². The van der Waals surface area contributed by atoms with Crippen LogP contribution in [0.5, 0.6) is 0 Å². The van der Waals surface area contributed by atoms with Gasteiger partial charge in [0.15, 0.2) is 0 Å². The summed E-state index contributed by atoms with van der Waals surface area (Å²) in [7, 11) is 0. The molecular formula is C19H28FN3O. The number of amides is 2. The molecule has 0 spiro atoms. The number of piperidine rings is 1. The van der Waals surface area contributed by atoms with E-state index >= 15 is 0 Å². The molecule has 4 nitrogen and oxygen atoms in total. The van der Waals surface area contributed by atoms with Gasteiger partial charge < -0.3 is 16.0 Å².